The molecular formula is C35H44N4O8. The molecule has 2 aliphatic heterocycles. The lowest BCUT2D eigenvalue weighted by atomic mass is 9.86. The van der Waals surface area contributed by atoms with Gasteiger partial charge in [0.1, 0.15) is 30.7 Å². The van der Waals surface area contributed by atoms with Crippen molar-refractivity contribution < 1.29 is 38.2 Å². The third-order valence-electron chi connectivity index (χ3n) is 8.66. The van der Waals surface area contributed by atoms with Crippen molar-refractivity contribution in [3.63, 3.8) is 0 Å². The van der Waals surface area contributed by atoms with Crippen molar-refractivity contribution in [3.05, 3.63) is 59.7 Å². The van der Waals surface area contributed by atoms with Gasteiger partial charge in [-0.2, -0.15) is 0 Å². The highest BCUT2D eigenvalue weighted by molar-refractivity contribution is 5.99. The summed E-state index contributed by atoms with van der Waals surface area (Å²) in [4.78, 5) is 69.2. The maximum Gasteiger partial charge on any atom is 0.408 e. The van der Waals surface area contributed by atoms with Crippen LogP contribution in [0.1, 0.15) is 71.9 Å². The van der Waals surface area contributed by atoms with Gasteiger partial charge in [0.25, 0.3) is 5.91 Å². The second-order valence-corrected chi connectivity index (χ2v) is 13.9. The Morgan fingerprint density at radius 1 is 1.06 bits per heavy atom. The van der Waals surface area contributed by atoms with Crippen molar-refractivity contribution in [1.29, 1.82) is 0 Å². The molecule has 5 rings (SSSR count). The first kappa shape index (κ1) is 33.9. The lowest BCUT2D eigenvalue weighted by molar-refractivity contribution is -0.153. The number of carbonyl (C=O) groups is 5. The van der Waals surface area contributed by atoms with Crippen LogP contribution in [-0.4, -0.2) is 70.5 Å². The van der Waals surface area contributed by atoms with Crippen LogP contribution in [0.25, 0.3) is 0 Å². The highest BCUT2D eigenvalue weighted by Gasteiger charge is 2.55. The number of hydrogen-bond donors (Lipinski definition) is 2. The second-order valence-electron chi connectivity index (χ2n) is 13.9. The number of alkyl carbamates (subject to hydrolysis) is 1. The van der Waals surface area contributed by atoms with Gasteiger partial charge in [-0.15, -0.1) is 0 Å². The zero-order valence-electron chi connectivity index (χ0n) is 27.8. The summed E-state index contributed by atoms with van der Waals surface area (Å²) in [7, 11) is 0. The van der Waals surface area contributed by atoms with Crippen LogP contribution < -0.4 is 15.4 Å². The Kier molecular flexibility index (Phi) is 9.63. The monoisotopic (exact) mass is 648 g/mol. The van der Waals surface area contributed by atoms with Gasteiger partial charge >= 0.3 is 12.1 Å². The fourth-order valence-electron chi connectivity index (χ4n) is 5.99. The summed E-state index contributed by atoms with van der Waals surface area (Å²) in [6, 6.07) is 13.4. The molecule has 47 heavy (non-hydrogen) atoms. The molecule has 2 aromatic carbocycles. The number of carbonyl (C=O) groups excluding carboxylic acids is 5. The SMILES string of the molecule is CC(C)[C@@H](NC(=O)OC(C)(C)C)C(=O)Nc1ccc2c(c1)OC(=O)CC21OCN(CC(=O)N(Cc2ccccc2)[C@@H](C)C2CC2)C1=O. The maximum absolute atomic E-state index is 14.0. The largest absolute Gasteiger partial charge is 0.444 e. The Hall–Kier alpha value is -4.45. The van der Waals surface area contributed by atoms with Crippen molar-refractivity contribution >= 4 is 35.5 Å². The van der Waals surface area contributed by atoms with Crippen molar-refractivity contribution in [2.75, 3.05) is 18.6 Å². The van der Waals surface area contributed by atoms with Crippen LogP contribution in [0.15, 0.2) is 48.5 Å². The first-order chi connectivity index (χ1) is 22.2. The van der Waals surface area contributed by atoms with E-state index in [1.54, 1.807) is 46.8 Å². The molecule has 4 amide bonds. The number of fused-ring (bicyclic) bond motifs is 2. The lowest BCUT2D eigenvalue weighted by Crippen LogP contribution is -2.49. The van der Waals surface area contributed by atoms with Crippen molar-refractivity contribution in [2.24, 2.45) is 11.8 Å². The van der Waals surface area contributed by atoms with Gasteiger partial charge in [0.05, 0.1) is 6.42 Å². The highest BCUT2D eigenvalue weighted by atomic mass is 16.6. The number of nitrogens with one attached hydrogen (secondary N) is 2. The Morgan fingerprint density at radius 2 is 1.77 bits per heavy atom. The summed E-state index contributed by atoms with van der Waals surface area (Å²) in [6.07, 6.45) is 1.05. The van der Waals surface area contributed by atoms with E-state index in [2.05, 4.69) is 10.6 Å². The summed E-state index contributed by atoms with van der Waals surface area (Å²) in [5, 5.41) is 5.36. The summed E-state index contributed by atoms with van der Waals surface area (Å²) in [6.45, 7) is 10.9. The Morgan fingerprint density at radius 3 is 2.40 bits per heavy atom. The molecule has 1 saturated carbocycles. The van der Waals surface area contributed by atoms with Crippen LogP contribution in [0.2, 0.25) is 0 Å². The molecule has 12 nitrogen and oxygen atoms in total. The van der Waals surface area contributed by atoms with E-state index < -0.39 is 41.1 Å². The first-order valence-electron chi connectivity index (χ1n) is 16.1. The Balaban J connectivity index is 1.31. The number of ether oxygens (including phenoxy) is 3. The summed E-state index contributed by atoms with van der Waals surface area (Å²) in [5.74, 6) is -1.65. The van der Waals surface area contributed by atoms with Gasteiger partial charge in [-0.25, -0.2) is 4.79 Å². The van der Waals surface area contributed by atoms with Gasteiger partial charge in [-0.1, -0.05) is 44.2 Å². The van der Waals surface area contributed by atoms with Gasteiger partial charge < -0.3 is 34.6 Å². The zero-order chi connectivity index (χ0) is 34.1. The average Bonchev–Trinajstić information content (AvgIpc) is 3.80. The predicted molar refractivity (Wildman–Crippen MR) is 172 cm³/mol. The smallest absolute Gasteiger partial charge is 0.408 e. The molecule has 1 spiro atoms. The molecule has 0 bridgehead atoms. The molecule has 12 heteroatoms. The van der Waals surface area contributed by atoms with E-state index in [4.69, 9.17) is 14.2 Å². The zero-order valence-corrected chi connectivity index (χ0v) is 27.8. The fourth-order valence-corrected chi connectivity index (χ4v) is 5.99. The molecule has 2 heterocycles. The third-order valence-corrected chi connectivity index (χ3v) is 8.66. The number of anilines is 1. The molecule has 1 unspecified atom stereocenters. The normalized spacial score (nSPS) is 20.4. The predicted octanol–water partition coefficient (Wildman–Crippen LogP) is 4.32. The van der Waals surface area contributed by atoms with Crippen LogP contribution in [0, 0.1) is 11.8 Å². The van der Waals surface area contributed by atoms with Crippen LogP contribution >= 0.6 is 0 Å². The summed E-state index contributed by atoms with van der Waals surface area (Å²) >= 11 is 0. The number of amides is 4. The number of nitrogens with zero attached hydrogens (tertiary/aromatic N) is 2. The minimum absolute atomic E-state index is 0.0175. The van der Waals surface area contributed by atoms with Crippen LogP contribution in [0.4, 0.5) is 10.5 Å². The van der Waals surface area contributed by atoms with Gasteiger partial charge in [0, 0.05) is 29.9 Å². The quantitative estimate of drug-likeness (QED) is 0.287. The lowest BCUT2D eigenvalue weighted by Gasteiger charge is -2.33. The highest BCUT2D eigenvalue weighted by Crippen LogP contribution is 2.45. The molecule has 2 fully saturated rings. The molecule has 0 aromatic heterocycles. The van der Waals surface area contributed by atoms with E-state index in [0.717, 1.165) is 18.4 Å². The number of hydrogen-bond acceptors (Lipinski definition) is 8. The van der Waals surface area contributed by atoms with E-state index in [1.807, 2.05) is 42.2 Å². The number of rotatable bonds is 10. The molecule has 1 aliphatic carbocycles. The van der Waals surface area contributed by atoms with Crippen molar-refractivity contribution in [1.82, 2.24) is 15.1 Å². The molecule has 252 valence electrons. The molecular weight excluding hydrogens is 604 g/mol. The minimum Gasteiger partial charge on any atom is -0.444 e. The molecule has 2 N–H and O–H groups in total. The van der Waals surface area contributed by atoms with Crippen molar-refractivity contribution in [2.45, 2.75) is 90.6 Å². The van der Waals surface area contributed by atoms with Crippen LogP contribution in [0.5, 0.6) is 5.75 Å². The first-order valence-corrected chi connectivity index (χ1v) is 16.1. The topological polar surface area (TPSA) is 144 Å². The molecule has 1 saturated heterocycles. The fraction of sp³-hybridized carbons (Fsp3) is 0.514. The molecule has 0 radical (unpaired) electrons. The van der Waals surface area contributed by atoms with Gasteiger partial charge in [0.15, 0.2) is 5.60 Å². The van der Waals surface area contributed by atoms with Gasteiger partial charge in [-0.05, 0) is 70.1 Å². The van der Waals surface area contributed by atoms with E-state index in [0.29, 0.717) is 23.7 Å². The van der Waals surface area contributed by atoms with Gasteiger partial charge in [0.2, 0.25) is 11.8 Å². The summed E-state index contributed by atoms with van der Waals surface area (Å²) in [5.41, 5.74) is -0.771. The Labute approximate surface area is 275 Å². The third kappa shape index (κ3) is 7.75. The van der Waals surface area contributed by atoms with E-state index in [-0.39, 0.29) is 43.3 Å². The van der Waals surface area contributed by atoms with Crippen molar-refractivity contribution in [3.8, 4) is 5.75 Å². The Bertz CT molecular complexity index is 1530. The van der Waals surface area contributed by atoms with Crippen LogP contribution in [0.3, 0.4) is 0 Å². The standard InChI is InChI=1S/C35H44N4O8/c1-21(2)30(37-33(44)47-34(4,5)6)31(42)36-25-14-15-26-27(16-25)46-29(41)17-35(26)32(43)38(20-45-35)19-28(40)39(22(3)24-12-13-24)18-23-10-8-7-9-11-23/h7-11,14-16,21-22,24,30H,12-13,17-20H2,1-6H3,(H,36,42)(H,37,44)/t22-,30+,35?/m0/s1. The molecule has 2 aromatic rings. The minimum atomic E-state index is -1.65. The van der Waals surface area contributed by atoms with E-state index in [1.165, 1.54) is 11.0 Å². The second kappa shape index (κ2) is 13.3. The van der Waals surface area contributed by atoms with Crippen LogP contribution in [-0.2, 0) is 40.8 Å². The number of esters is 1. The molecule has 3 atom stereocenters. The maximum atomic E-state index is 14.0. The summed E-state index contributed by atoms with van der Waals surface area (Å²) < 4.78 is 16.9. The van der Waals surface area contributed by atoms with E-state index >= 15 is 0 Å². The molecule has 3 aliphatic rings. The van der Waals surface area contributed by atoms with E-state index in [9.17, 15) is 24.0 Å². The average molecular weight is 649 g/mol. The van der Waals surface area contributed by atoms with Gasteiger partial charge in [-0.3, -0.25) is 19.2 Å². The number of benzene rings is 2.